The van der Waals surface area contributed by atoms with E-state index in [-0.39, 0.29) is 5.91 Å². The molecule has 7 nitrogen and oxygen atoms in total. The molecule has 2 rings (SSSR count). The predicted octanol–water partition coefficient (Wildman–Crippen LogP) is 0.626. The van der Waals surface area contributed by atoms with Crippen molar-refractivity contribution >= 4 is 11.7 Å². The van der Waals surface area contributed by atoms with Crippen LogP contribution >= 0.6 is 0 Å². The predicted molar refractivity (Wildman–Crippen MR) is 71.5 cm³/mol. The van der Waals surface area contributed by atoms with Crippen molar-refractivity contribution in [3.05, 3.63) is 29.8 Å². The number of anilines is 1. The molecule has 0 aromatic carbocycles. The third-order valence-corrected chi connectivity index (χ3v) is 2.61. The lowest BCUT2D eigenvalue weighted by atomic mass is 10.4. The zero-order chi connectivity index (χ0) is 13.8. The van der Waals surface area contributed by atoms with Crippen LogP contribution in [-0.4, -0.2) is 39.8 Å². The number of nitrogens with zero attached hydrogens (tertiary/aromatic N) is 4. The Kier molecular flexibility index (Phi) is 3.74. The van der Waals surface area contributed by atoms with Crippen LogP contribution < -0.4 is 10.6 Å². The van der Waals surface area contributed by atoms with E-state index in [9.17, 15) is 4.79 Å². The van der Waals surface area contributed by atoms with Crippen LogP contribution in [0.25, 0.3) is 5.82 Å². The van der Waals surface area contributed by atoms with Crippen molar-refractivity contribution in [3.63, 3.8) is 0 Å². The third-order valence-electron chi connectivity index (χ3n) is 2.61. The summed E-state index contributed by atoms with van der Waals surface area (Å²) in [5.74, 6) is 1.85. The maximum absolute atomic E-state index is 11.5. The molecule has 0 aliphatic carbocycles. The zero-order valence-electron chi connectivity index (χ0n) is 11.1. The van der Waals surface area contributed by atoms with Crippen molar-refractivity contribution in [2.45, 2.75) is 13.3 Å². The molecular weight excluding hydrogens is 244 g/mol. The summed E-state index contributed by atoms with van der Waals surface area (Å²) in [5.41, 5.74) is 0.352. The minimum atomic E-state index is -0.225. The van der Waals surface area contributed by atoms with Gasteiger partial charge in [-0.15, -0.1) is 0 Å². The van der Waals surface area contributed by atoms with Gasteiger partial charge in [-0.05, 0) is 6.07 Å². The van der Waals surface area contributed by atoms with Crippen molar-refractivity contribution in [2.75, 3.05) is 19.4 Å². The van der Waals surface area contributed by atoms with Crippen LogP contribution in [0.1, 0.15) is 23.2 Å². The number of carbonyl (C=O) groups excluding carboxylic acids is 1. The molecule has 0 fully saturated rings. The second-order valence-electron chi connectivity index (χ2n) is 3.86. The van der Waals surface area contributed by atoms with E-state index in [0.717, 1.165) is 18.1 Å². The molecule has 0 saturated heterocycles. The van der Waals surface area contributed by atoms with Crippen LogP contribution in [-0.2, 0) is 6.42 Å². The molecule has 0 spiro atoms. The molecule has 0 atom stereocenters. The maximum Gasteiger partial charge on any atom is 0.271 e. The number of aryl methyl sites for hydroxylation is 1. The van der Waals surface area contributed by atoms with Gasteiger partial charge in [0.05, 0.1) is 0 Å². The molecule has 0 aliphatic heterocycles. The average Bonchev–Trinajstić information content (AvgIpc) is 2.95. The molecular formula is C12H16N6O. The summed E-state index contributed by atoms with van der Waals surface area (Å²) >= 11 is 0. The lowest BCUT2D eigenvalue weighted by Gasteiger charge is -2.06. The fraction of sp³-hybridized carbons (Fsp3) is 0.333. The Morgan fingerprint density at radius 2 is 2.16 bits per heavy atom. The zero-order valence-corrected chi connectivity index (χ0v) is 11.1. The molecule has 2 N–H and O–H groups in total. The Hall–Kier alpha value is -2.44. The van der Waals surface area contributed by atoms with Crippen molar-refractivity contribution in [2.24, 2.45) is 0 Å². The fourth-order valence-corrected chi connectivity index (χ4v) is 1.59. The number of amides is 1. The van der Waals surface area contributed by atoms with Gasteiger partial charge in [-0.1, -0.05) is 6.92 Å². The van der Waals surface area contributed by atoms with Crippen molar-refractivity contribution in [1.29, 1.82) is 0 Å². The highest BCUT2D eigenvalue weighted by Crippen LogP contribution is 2.11. The smallest absolute Gasteiger partial charge is 0.271 e. The normalized spacial score (nSPS) is 10.3. The van der Waals surface area contributed by atoms with E-state index < -0.39 is 0 Å². The summed E-state index contributed by atoms with van der Waals surface area (Å²) < 4.78 is 1.56. The van der Waals surface area contributed by atoms with E-state index in [4.69, 9.17) is 0 Å². The van der Waals surface area contributed by atoms with Crippen molar-refractivity contribution < 1.29 is 4.79 Å². The molecule has 19 heavy (non-hydrogen) atoms. The Balaban J connectivity index is 2.40. The number of carbonyl (C=O) groups is 1. The molecule has 0 saturated carbocycles. The van der Waals surface area contributed by atoms with Crippen molar-refractivity contribution in [1.82, 2.24) is 25.1 Å². The number of aromatic nitrogens is 4. The lowest BCUT2D eigenvalue weighted by Crippen LogP contribution is -2.18. The molecule has 0 unspecified atom stereocenters. The Morgan fingerprint density at radius 3 is 2.79 bits per heavy atom. The highest BCUT2D eigenvalue weighted by molar-refractivity contribution is 5.91. The summed E-state index contributed by atoms with van der Waals surface area (Å²) in [4.78, 5) is 20.2. The van der Waals surface area contributed by atoms with E-state index in [1.807, 2.05) is 6.92 Å². The number of hydrogen-bond donors (Lipinski definition) is 2. The first kappa shape index (κ1) is 13.0. The van der Waals surface area contributed by atoms with E-state index in [0.29, 0.717) is 11.5 Å². The lowest BCUT2D eigenvalue weighted by molar-refractivity contribution is 0.0957. The van der Waals surface area contributed by atoms with Gasteiger partial charge in [0, 0.05) is 32.8 Å². The first-order valence-electron chi connectivity index (χ1n) is 6.01. The molecule has 7 heteroatoms. The van der Waals surface area contributed by atoms with Gasteiger partial charge in [0.15, 0.2) is 11.5 Å². The molecule has 2 aromatic heterocycles. The van der Waals surface area contributed by atoms with Crippen LogP contribution in [0.3, 0.4) is 0 Å². The van der Waals surface area contributed by atoms with Gasteiger partial charge in [-0.2, -0.15) is 5.10 Å². The molecule has 1 amide bonds. The summed E-state index contributed by atoms with van der Waals surface area (Å²) in [6.07, 6.45) is 2.43. The highest BCUT2D eigenvalue weighted by Gasteiger charge is 2.10. The quantitative estimate of drug-likeness (QED) is 0.842. The molecule has 100 valence electrons. The number of nitrogens with one attached hydrogen (secondary N) is 2. The van der Waals surface area contributed by atoms with Gasteiger partial charge in [0.25, 0.3) is 5.91 Å². The first-order valence-corrected chi connectivity index (χ1v) is 6.01. The van der Waals surface area contributed by atoms with Crippen molar-refractivity contribution in [3.8, 4) is 5.82 Å². The summed E-state index contributed by atoms with van der Waals surface area (Å²) in [7, 11) is 3.37. The SMILES string of the molecule is CCc1nc(NC)cc(-n2ccc(C(=O)NC)n2)n1. The van der Waals surface area contributed by atoms with E-state index in [1.165, 1.54) is 0 Å². The molecule has 2 aromatic rings. The summed E-state index contributed by atoms with van der Waals surface area (Å²) in [6.45, 7) is 1.98. The molecule has 0 radical (unpaired) electrons. The maximum atomic E-state index is 11.5. The fourth-order valence-electron chi connectivity index (χ4n) is 1.59. The topological polar surface area (TPSA) is 84.7 Å². The van der Waals surface area contributed by atoms with Gasteiger partial charge >= 0.3 is 0 Å². The van der Waals surface area contributed by atoms with Gasteiger partial charge < -0.3 is 10.6 Å². The third kappa shape index (κ3) is 2.70. The Bertz CT molecular complexity index is 569. The monoisotopic (exact) mass is 260 g/mol. The summed E-state index contributed by atoms with van der Waals surface area (Å²) in [6, 6.07) is 3.42. The van der Waals surface area contributed by atoms with Crippen LogP contribution in [0.15, 0.2) is 18.3 Å². The summed E-state index contributed by atoms with van der Waals surface area (Å²) in [5, 5.41) is 9.70. The molecule has 2 heterocycles. The average molecular weight is 260 g/mol. The van der Waals surface area contributed by atoms with E-state index >= 15 is 0 Å². The van der Waals surface area contributed by atoms with Crippen LogP contribution in [0.2, 0.25) is 0 Å². The second kappa shape index (κ2) is 5.47. The minimum absolute atomic E-state index is 0.225. The Labute approximate surface area is 111 Å². The van der Waals surface area contributed by atoms with Crippen LogP contribution in [0, 0.1) is 0 Å². The molecule has 0 bridgehead atoms. The number of rotatable bonds is 4. The van der Waals surface area contributed by atoms with E-state index in [2.05, 4.69) is 25.7 Å². The molecule has 0 aliphatic rings. The minimum Gasteiger partial charge on any atom is -0.373 e. The largest absolute Gasteiger partial charge is 0.373 e. The Morgan fingerprint density at radius 1 is 1.37 bits per heavy atom. The standard InChI is InChI=1S/C12H16N6O/c1-4-9-15-10(13-2)7-11(16-9)18-6-5-8(17-18)12(19)14-3/h5-7H,4H2,1-3H3,(H,14,19)(H,13,15,16). The van der Waals surface area contributed by atoms with E-state index in [1.54, 1.807) is 37.1 Å². The second-order valence-corrected chi connectivity index (χ2v) is 3.86. The number of hydrogen-bond acceptors (Lipinski definition) is 5. The van der Waals surface area contributed by atoms with Gasteiger partial charge in [0.2, 0.25) is 0 Å². The van der Waals surface area contributed by atoms with Gasteiger partial charge in [-0.3, -0.25) is 4.79 Å². The highest BCUT2D eigenvalue weighted by atomic mass is 16.1. The van der Waals surface area contributed by atoms with Gasteiger partial charge in [0.1, 0.15) is 11.6 Å². The van der Waals surface area contributed by atoms with Crippen LogP contribution in [0.5, 0.6) is 0 Å². The first-order chi connectivity index (χ1) is 9.17. The van der Waals surface area contributed by atoms with Gasteiger partial charge in [-0.25, -0.2) is 14.6 Å². The van der Waals surface area contributed by atoms with Crippen LogP contribution in [0.4, 0.5) is 5.82 Å².